The predicted octanol–water partition coefficient (Wildman–Crippen LogP) is 3.70. The van der Waals surface area contributed by atoms with Gasteiger partial charge in [-0.25, -0.2) is 0 Å². The number of nitrogens with one attached hydrogen (secondary N) is 1. The Hall–Kier alpha value is -0.580. The second kappa shape index (κ2) is 6.99. The van der Waals surface area contributed by atoms with E-state index in [4.69, 9.17) is 16.7 Å². The van der Waals surface area contributed by atoms with Crippen LogP contribution in [-0.2, 0) is 4.79 Å². The fraction of sp³-hybridized carbons (Fsp3) is 0.583. The average Bonchev–Trinajstić information content (AvgIpc) is 2.70. The summed E-state index contributed by atoms with van der Waals surface area (Å²) in [4.78, 5) is 12.2. The second-order valence-corrected chi connectivity index (χ2v) is 5.81. The number of carboxylic acids is 1. The lowest BCUT2D eigenvalue weighted by atomic mass is 10.1. The average molecular weight is 276 g/mol. The maximum atomic E-state index is 11.1. The molecular formula is C12H18ClNO2S. The molecule has 0 spiro atoms. The third-order valence-corrected chi connectivity index (χ3v) is 4.03. The summed E-state index contributed by atoms with van der Waals surface area (Å²) in [6.07, 6.45) is 2.59. The number of carbonyl (C=O) groups is 1. The Morgan fingerprint density at radius 2 is 2.29 bits per heavy atom. The third-order valence-electron chi connectivity index (χ3n) is 2.62. The highest BCUT2D eigenvalue weighted by molar-refractivity contribution is 7.16. The molecule has 1 rings (SSSR count). The van der Waals surface area contributed by atoms with Gasteiger partial charge in [0.1, 0.15) is 6.04 Å². The summed E-state index contributed by atoms with van der Waals surface area (Å²) in [5, 5.41) is 12.2. The van der Waals surface area contributed by atoms with Gasteiger partial charge in [0, 0.05) is 10.9 Å². The van der Waals surface area contributed by atoms with Gasteiger partial charge in [0.05, 0.1) is 4.34 Å². The number of hydrogen-bond acceptors (Lipinski definition) is 3. The van der Waals surface area contributed by atoms with Gasteiger partial charge in [-0.2, -0.15) is 0 Å². The smallest absolute Gasteiger partial charge is 0.320 e. The summed E-state index contributed by atoms with van der Waals surface area (Å²) in [6.45, 7) is 4.02. The van der Waals surface area contributed by atoms with Gasteiger partial charge in [0.15, 0.2) is 0 Å². The van der Waals surface area contributed by atoms with E-state index >= 15 is 0 Å². The number of halogens is 1. The fourth-order valence-electron chi connectivity index (χ4n) is 1.63. The lowest BCUT2D eigenvalue weighted by Gasteiger charge is -2.19. The molecule has 96 valence electrons. The van der Waals surface area contributed by atoms with Crippen LogP contribution in [0.2, 0.25) is 4.34 Å². The first-order chi connectivity index (χ1) is 8.04. The van der Waals surface area contributed by atoms with Crippen LogP contribution >= 0.6 is 22.9 Å². The normalized spacial score (nSPS) is 14.5. The van der Waals surface area contributed by atoms with Crippen LogP contribution in [0.1, 0.15) is 44.0 Å². The van der Waals surface area contributed by atoms with Gasteiger partial charge in [-0.3, -0.25) is 10.1 Å². The Morgan fingerprint density at radius 1 is 1.59 bits per heavy atom. The summed E-state index contributed by atoms with van der Waals surface area (Å²) in [7, 11) is 0. The maximum Gasteiger partial charge on any atom is 0.320 e. The number of aliphatic carboxylic acids is 1. The van der Waals surface area contributed by atoms with Crippen LogP contribution in [0, 0.1) is 0 Å². The molecule has 2 N–H and O–H groups in total. The molecule has 0 bridgehead atoms. The standard InChI is InChI=1S/C12H18ClNO2S/c1-3-4-5-9(12(15)16)14-8(2)10-6-7-11(13)17-10/h6-9,14H,3-5H2,1-2H3,(H,15,16). The molecule has 1 aromatic heterocycles. The number of thiophene rings is 1. The van der Waals surface area contributed by atoms with Crippen molar-refractivity contribution in [1.82, 2.24) is 5.32 Å². The zero-order valence-corrected chi connectivity index (χ0v) is 11.6. The van der Waals surface area contributed by atoms with E-state index in [-0.39, 0.29) is 6.04 Å². The SMILES string of the molecule is CCCCC(NC(C)c1ccc(Cl)s1)C(=O)O. The van der Waals surface area contributed by atoms with Crippen molar-refractivity contribution in [2.75, 3.05) is 0 Å². The lowest BCUT2D eigenvalue weighted by Crippen LogP contribution is -2.38. The van der Waals surface area contributed by atoms with E-state index in [2.05, 4.69) is 12.2 Å². The molecule has 3 nitrogen and oxygen atoms in total. The van der Waals surface area contributed by atoms with E-state index in [1.807, 2.05) is 19.1 Å². The molecule has 1 heterocycles. The van der Waals surface area contributed by atoms with Gasteiger partial charge in [-0.05, 0) is 25.5 Å². The molecule has 17 heavy (non-hydrogen) atoms. The summed E-state index contributed by atoms with van der Waals surface area (Å²) < 4.78 is 0.731. The third kappa shape index (κ3) is 4.66. The van der Waals surface area contributed by atoms with E-state index in [0.717, 1.165) is 22.1 Å². The molecule has 2 atom stereocenters. The number of carboxylic acid groups (broad SMARTS) is 1. The van der Waals surface area contributed by atoms with E-state index in [9.17, 15) is 4.79 Å². The van der Waals surface area contributed by atoms with Gasteiger partial charge in [0.25, 0.3) is 0 Å². The van der Waals surface area contributed by atoms with Crippen molar-refractivity contribution in [2.24, 2.45) is 0 Å². The molecule has 0 radical (unpaired) electrons. The number of unbranched alkanes of at least 4 members (excludes halogenated alkanes) is 1. The Bertz CT molecular complexity index is 367. The fourth-order valence-corrected chi connectivity index (χ4v) is 2.70. The predicted molar refractivity (Wildman–Crippen MR) is 71.8 cm³/mol. The molecule has 0 saturated carbocycles. The maximum absolute atomic E-state index is 11.1. The quantitative estimate of drug-likeness (QED) is 0.798. The highest BCUT2D eigenvalue weighted by atomic mass is 35.5. The molecule has 0 amide bonds. The van der Waals surface area contributed by atoms with Crippen molar-refractivity contribution < 1.29 is 9.90 Å². The summed E-state index contributed by atoms with van der Waals surface area (Å²) in [5.74, 6) is -0.784. The molecule has 0 aliphatic heterocycles. The van der Waals surface area contributed by atoms with Crippen LogP contribution in [0.15, 0.2) is 12.1 Å². The van der Waals surface area contributed by atoms with Gasteiger partial charge < -0.3 is 5.11 Å². The monoisotopic (exact) mass is 275 g/mol. The van der Waals surface area contributed by atoms with Gasteiger partial charge in [-0.1, -0.05) is 31.4 Å². The van der Waals surface area contributed by atoms with Gasteiger partial charge >= 0.3 is 5.97 Å². The van der Waals surface area contributed by atoms with Crippen molar-refractivity contribution in [3.05, 3.63) is 21.3 Å². The highest BCUT2D eigenvalue weighted by Gasteiger charge is 2.20. The molecular weight excluding hydrogens is 258 g/mol. The van der Waals surface area contributed by atoms with E-state index in [0.29, 0.717) is 6.42 Å². The van der Waals surface area contributed by atoms with E-state index < -0.39 is 12.0 Å². The molecule has 2 unspecified atom stereocenters. The minimum atomic E-state index is -0.784. The van der Waals surface area contributed by atoms with Crippen molar-refractivity contribution in [3.63, 3.8) is 0 Å². The van der Waals surface area contributed by atoms with Gasteiger partial charge in [-0.15, -0.1) is 11.3 Å². The molecule has 0 aliphatic rings. The van der Waals surface area contributed by atoms with Crippen molar-refractivity contribution in [3.8, 4) is 0 Å². The molecule has 1 aromatic rings. The summed E-state index contributed by atoms with van der Waals surface area (Å²) >= 11 is 7.34. The van der Waals surface area contributed by atoms with Crippen LogP contribution in [-0.4, -0.2) is 17.1 Å². The van der Waals surface area contributed by atoms with Crippen molar-refractivity contribution in [2.45, 2.75) is 45.2 Å². The summed E-state index contributed by atoms with van der Waals surface area (Å²) in [6, 6.07) is 3.31. The largest absolute Gasteiger partial charge is 0.480 e. The first-order valence-electron chi connectivity index (χ1n) is 5.78. The van der Waals surface area contributed by atoms with Crippen LogP contribution < -0.4 is 5.32 Å². The van der Waals surface area contributed by atoms with E-state index in [1.165, 1.54) is 11.3 Å². The zero-order valence-electron chi connectivity index (χ0n) is 10.1. The topological polar surface area (TPSA) is 49.3 Å². The Balaban J connectivity index is 2.57. The molecule has 0 fully saturated rings. The minimum Gasteiger partial charge on any atom is -0.480 e. The van der Waals surface area contributed by atoms with Crippen LogP contribution in [0.3, 0.4) is 0 Å². The van der Waals surface area contributed by atoms with Crippen molar-refractivity contribution in [1.29, 1.82) is 0 Å². The van der Waals surface area contributed by atoms with Crippen molar-refractivity contribution >= 4 is 28.9 Å². The highest BCUT2D eigenvalue weighted by Crippen LogP contribution is 2.27. The Morgan fingerprint density at radius 3 is 2.76 bits per heavy atom. The Labute approximate surface area is 111 Å². The molecule has 0 aliphatic carbocycles. The second-order valence-electron chi connectivity index (χ2n) is 4.06. The Kier molecular flexibility index (Phi) is 5.95. The molecule has 0 saturated heterocycles. The number of rotatable bonds is 7. The van der Waals surface area contributed by atoms with Crippen LogP contribution in [0.4, 0.5) is 0 Å². The lowest BCUT2D eigenvalue weighted by molar-refractivity contribution is -0.139. The number of hydrogen-bond donors (Lipinski definition) is 2. The van der Waals surface area contributed by atoms with Crippen LogP contribution in [0.5, 0.6) is 0 Å². The van der Waals surface area contributed by atoms with Crippen LogP contribution in [0.25, 0.3) is 0 Å². The van der Waals surface area contributed by atoms with Gasteiger partial charge in [0.2, 0.25) is 0 Å². The summed E-state index contributed by atoms with van der Waals surface area (Å²) in [5.41, 5.74) is 0. The first kappa shape index (κ1) is 14.5. The zero-order chi connectivity index (χ0) is 12.8. The first-order valence-corrected chi connectivity index (χ1v) is 6.98. The molecule has 5 heteroatoms. The van der Waals surface area contributed by atoms with E-state index in [1.54, 1.807) is 0 Å². The molecule has 0 aromatic carbocycles. The minimum absolute atomic E-state index is 0.0189.